The number of hydrogen-bond acceptors (Lipinski definition) is 7. The second kappa shape index (κ2) is 9.26. The summed E-state index contributed by atoms with van der Waals surface area (Å²) in [5.74, 6) is 0.308. The highest BCUT2D eigenvalue weighted by Crippen LogP contribution is 2.45. The van der Waals surface area contributed by atoms with E-state index in [2.05, 4.69) is 6.58 Å². The number of phenols is 1. The molecule has 0 unspecified atom stereocenters. The standard InChI is InChI=1S/C29H24O7/c1-16(2)14-34-20-10-6-17(7-11-20)21-12-25(31)36-24-13-23(30)27-28(32)22(15-35-29(27)26(21)24)18-4-8-19(33-3)9-5-18/h4-11,13,15,21,30H,1,12,14H2,2-3H3/t21-/m1/s1. The van der Waals surface area contributed by atoms with Crippen molar-refractivity contribution in [2.45, 2.75) is 19.3 Å². The molecule has 4 aromatic rings. The van der Waals surface area contributed by atoms with Gasteiger partial charge in [-0.2, -0.15) is 0 Å². The van der Waals surface area contributed by atoms with E-state index in [1.165, 1.54) is 12.3 Å². The first kappa shape index (κ1) is 23.2. The van der Waals surface area contributed by atoms with E-state index >= 15 is 0 Å². The highest BCUT2D eigenvalue weighted by Gasteiger charge is 2.33. The lowest BCUT2D eigenvalue weighted by atomic mass is 9.85. The van der Waals surface area contributed by atoms with Crippen LogP contribution in [0.25, 0.3) is 22.1 Å². The van der Waals surface area contributed by atoms with Gasteiger partial charge in [0.25, 0.3) is 0 Å². The second-order valence-electron chi connectivity index (χ2n) is 8.76. The minimum absolute atomic E-state index is 0.0337. The van der Waals surface area contributed by atoms with Crippen LogP contribution in [0.2, 0.25) is 0 Å². The fraction of sp³-hybridized carbons (Fsp3) is 0.172. The Kier molecular flexibility index (Phi) is 5.98. The van der Waals surface area contributed by atoms with Crippen LogP contribution in [0.15, 0.2) is 82.2 Å². The van der Waals surface area contributed by atoms with E-state index in [4.69, 9.17) is 18.6 Å². The van der Waals surface area contributed by atoms with Gasteiger partial charge in [-0.15, -0.1) is 0 Å². The van der Waals surface area contributed by atoms with Gasteiger partial charge >= 0.3 is 5.97 Å². The molecule has 3 aromatic carbocycles. The number of rotatable bonds is 6. The van der Waals surface area contributed by atoms with Gasteiger partial charge in [0, 0.05) is 17.5 Å². The Morgan fingerprint density at radius 3 is 2.44 bits per heavy atom. The van der Waals surface area contributed by atoms with E-state index in [1.54, 1.807) is 31.4 Å². The van der Waals surface area contributed by atoms with Crippen LogP contribution < -0.4 is 19.6 Å². The lowest BCUT2D eigenvalue weighted by molar-refractivity contribution is -0.135. The van der Waals surface area contributed by atoms with Crippen molar-refractivity contribution in [2.24, 2.45) is 0 Å². The van der Waals surface area contributed by atoms with Gasteiger partial charge in [0.2, 0.25) is 5.43 Å². The van der Waals surface area contributed by atoms with Gasteiger partial charge in [0.1, 0.15) is 46.8 Å². The number of benzene rings is 3. The molecule has 7 nitrogen and oxygen atoms in total. The van der Waals surface area contributed by atoms with E-state index in [1.807, 2.05) is 31.2 Å². The van der Waals surface area contributed by atoms with E-state index < -0.39 is 11.9 Å². The molecule has 0 amide bonds. The molecule has 0 bridgehead atoms. The van der Waals surface area contributed by atoms with Crippen LogP contribution in [0.1, 0.15) is 30.4 Å². The number of ether oxygens (including phenoxy) is 3. The van der Waals surface area contributed by atoms with Crippen LogP contribution in [0.3, 0.4) is 0 Å². The van der Waals surface area contributed by atoms with Gasteiger partial charge in [-0.1, -0.05) is 30.8 Å². The molecule has 2 heterocycles. The smallest absolute Gasteiger partial charge is 0.312 e. The third-order valence-electron chi connectivity index (χ3n) is 6.14. The van der Waals surface area contributed by atoms with Gasteiger partial charge in [-0.25, -0.2) is 0 Å². The predicted molar refractivity (Wildman–Crippen MR) is 135 cm³/mol. The zero-order valence-corrected chi connectivity index (χ0v) is 19.9. The summed E-state index contributed by atoms with van der Waals surface area (Å²) in [7, 11) is 1.56. The predicted octanol–water partition coefficient (Wildman–Crippen LogP) is 5.57. The van der Waals surface area contributed by atoms with Gasteiger partial charge in [0.05, 0.1) is 19.1 Å². The summed E-state index contributed by atoms with van der Waals surface area (Å²) in [6, 6.07) is 15.6. The summed E-state index contributed by atoms with van der Waals surface area (Å²) in [6.07, 6.45) is 1.43. The van der Waals surface area contributed by atoms with E-state index in [0.29, 0.717) is 34.8 Å². The van der Waals surface area contributed by atoms with Crippen LogP contribution in [-0.4, -0.2) is 24.8 Å². The molecule has 0 saturated heterocycles. The molecule has 0 fully saturated rings. The molecular formula is C29H24O7. The van der Waals surface area contributed by atoms with Crippen LogP contribution in [0.5, 0.6) is 23.0 Å². The van der Waals surface area contributed by atoms with Gasteiger partial charge in [0.15, 0.2) is 0 Å². The number of fused-ring (bicyclic) bond motifs is 3. The van der Waals surface area contributed by atoms with Crippen molar-refractivity contribution in [3.05, 3.63) is 94.4 Å². The molecule has 0 radical (unpaired) electrons. The van der Waals surface area contributed by atoms with E-state index in [-0.39, 0.29) is 34.3 Å². The molecule has 1 aliphatic rings. The molecule has 0 saturated carbocycles. The van der Waals surface area contributed by atoms with E-state index in [9.17, 15) is 14.7 Å². The monoisotopic (exact) mass is 484 g/mol. The van der Waals surface area contributed by atoms with Crippen LogP contribution >= 0.6 is 0 Å². The van der Waals surface area contributed by atoms with Crippen molar-refractivity contribution in [3.63, 3.8) is 0 Å². The SMILES string of the molecule is C=C(C)COc1ccc([C@H]2CC(=O)Oc3cc(O)c4c(=O)c(-c5ccc(OC)cc5)coc4c32)cc1. The summed E-state index contributed by atoms with van der Waals surface area (Å²) in [5, 5.41) is 10.8. The lowest BCUT2D eigenvalue weighted by Gasteiger charge is -2.26. The van der Waals surface area contributed by atoms with E-state index in [0.717, 1.165) is 11.1 Å². The molecule has 0 aliphatic carbocycles. The maximum absolute atomic E-state index is 13.5. The van der Waals surface area contributed by atoms with Crippen LogP contribution in [-0.2, 0) is 4.79 Å². The van der Waals surface area contributed by atoms with Gasteiger partial charge < -0.3 is 23.7 Å². The number of aromatic hydroxyl groups is 1. The van der Waals surface area contributed by atoms with Gasteiger partial charge in [-0.05, 0) is 47.9 Å². The Labute approximate surface area is 207 Å². The maximum Gasteiger partial charge on any atom is 0.312 e. The summed E-state index contributed by atoms with van der Waals surface area (Å²) >= 11 is 0. The van der Waals surface area contributed by atoms with Crippen LogP contribution in [0.4, 0.5) is 0 Å². The third-order valence-corrected chi connectivity index (χ3v) is 6.14. The Hall–Kier alpha value is -4.52. The first-order valence-electron chi connectivity index (χ1n) is 11.4. The summed E-state index contributed by atoms with van der Waals surface area (Å²) < 4.78 is 22.3. The zero-order valence-electron chi connectivity index (χ0n) is 19.9. The quantitative estimate of drug-likeness (QED) is 0.217. The maximum atomic E-state index is 13.5. The minimum atomic E-state index is -0.439. The first-order chi connectivity index (χ1) is 17.4. The Balaban J connectivity index is 1.62. The zero-order chi connectivity index (χ0) is 25.4. The molecule has 7 heteroatoms. The number of hydrogen-bond donors (Lipinski definition) is 1. The fourth-order valence-corrected chi connectivity index (χ4v) is 4.39. The third kappa shape index (κ3) is 4.20. The molecule has 36 heavy (non-hydrogen) atoms. The summed E-state index contributed by atoms with van der Waals surface area (Å²) in [6.45, 7) is 6.12. The Morgan fingerprint density at radius 2 is 1.78 bits per heavy atom. The highest BCUT2D eigenvalue weighted by atomic mass is 16.5. The average Bonchev–Trinajstić information content (AvgIpc) is 2.87. The van der Waals surface area contributed by atoms with Gasteiger partial charge in [-0.3, -0.25) is 9.59 Å². The van der Waals surface area contributed by atoms with Crippen LogP contribution in [0, 0.1) is 0 Å². The first-order valence-corrected chi connectivity index (χ1v) is 11.4. The summed E-state index contributed by atoms with van der Waals surface area (Å²) in [4.78, 5) is 25.9. The molecular weight excluding hydrogens is 460 g/mol. The number of carbonyl (C=O) groups is 1. The van der Waals surface area contributed by atoms with Crippen molar-refractivity contribution in [1.82, 2.24) is 0 Å². The van der Waals surface area contributed by atoms with Crippen molar-refractivity contribution in [1.29, 1.82) is 0 Å². The highest BCUT2D eigenvalue weighted by molar-refractivity contribution is 5.94. The summed E-state index contributed by atoms with van der Waals surface area (Å²) in [5.41, 5.74) is 2.98. The minimum Gasteiger partial charge on any atom is -0.507 e. The molecule has 1 aromatic heterocycles. The van der Waals surface area contributed by atoms with Crippen molar-refractivity contribution >= 4 is 16.9 Å². The largest absolute Gasteiger partial charge is 0.507 e. The van der Waals surface area contributed by atoms with Crippen molar-refractivity contribution in [2.75, 3.05) is 13.7 Å². The molecule has 182 valence electrons. The molecule has 1 N–H and O–H groups in total. The molecule has 5 rings (SSSR count). The average molecular weight is 485 g/mol. The number of phenolic OH excluding ortho intramolecular Hbond substituents is 1. The molecule has 1 aliphatic heterocycles. The number of methoxy groups -OCH3 is 1. The fourth-order valence-electron chi connectivity index (χ4n) is 4.39. The Morgan fingerprint density at radius 1 is 1.08 bits per heavy atom. The second-order valence-corrected chi connectivity index (χ2v) is 8.76. The normalized spacial score (nSPS) is 14.7. The number of esters is 1. The topological polar surface area (TPSA) is 95.2 Å². The molecule has 0 spiro atoms. The lowest BCUT2D eigenvalue weighted by Crippen LogP contribution is -2.22. The van der Waals surface area contributed by atoms with Crippen molar-refractivity contribution in [3.8, 4) is 34.1 Å². The molecule has 1 atom stereocenters. The van der Waals surface area contributed by atoms with Crippen molar-refractivity contribution < 1.29 is 28.5 Å². The Bertz CT molecular complexity index is 1530. The number of carbonyl (C=O) groups excluding carboxylic acids is 1.